The van der Waals surface area contributed by atoms with Crippen LogP contribution in [-0.4, -0.2) is 23.0 Å². The molecule has 0 saturated heterocycles. The summed E-state index contributed by atoms with van der Waals surface area (Å²) in [6.07, 6.45) is 0. The number of nitrogens with two attached hydrogens (primary N) is 1. The van der Waals surface area contributed by atoms with E-state index in [0.717, 1.165) is 0 Å². The first-order valence-electron chi connectivity index (χ1n) is 6.52. The zero-order chi connectivity index (χ0) is 15.6. The topological polar surface area (TPSA) is 66.6 Å². The lowest BCUT2D eigenvalue weighted by molar-refractivity contribution is 0.0741. The molecule has 0 spiro atoms. The van der Waals surface area contributed by atoms with Gasteiger partial charge in [-0.15, -0.1) is 0 Å². The lowest BCUT2D eigenvalue weighted by Gasteiger charge is -2.26. The molecule has 0 aliphatic rings. The molecule has 21 heavy (non-hydrogen) atoms. The Morgan fingerprint density at radius 1 is 1.29 bits per heavy atom. The molecule has 0 radical (unpaired) electrons. The first-order chi connectivity index (χ1) is 9.91. The van der Waals surface area contributed by atoms with Gasteiger partial charge in [0.15, 0.2) is 0 Å². The quantitative estimate of drug-likeness (QED) is 0.853. The van der Waals surface area contributed by atoms with Gasteiger partial charge >= 0.3 is 0 Å². The second kappa shape index (κ2) is 6.06. The first-order valence-corrected chi connectivity index (χ1v) is 6.89. The van der Waals surface area contributed by atoms with E-state index in [0.29, 0.717) is 21.8 Å². The largest absolute Gasteiger partial charge is 0.508 e. The molecule has 110 valence electrons. The van der Waals surface area contributed by atoms with Crippen LogP contribution in [0.3, 0.4) is 0 Å². The average Bonchev–Trinajstić information content (AvgIpc) is 2.45. The van der Waals surface area contributed by atoms with Crippen LogP contribution < -0.4 is 5.73 Å². The lowest BCUT2D eigenvalue weighted by Crippen LogP contribution is -2.30. The number of nitrogen functional groups attached to an aromatic ring is 1. The van der Waals surface area contributed by atoms with Gasteiger partial charge in [-0.2, -0.15) is 0 Å². The van der Waals surface area contributed by atoms with Gasteiger partial charge in [-0.3, -0.25) is 4.79 Å². The fourth-order valence-corrected chi connectivity index (χ4v) is 2.39. The van der Waals surface area contributed by atoms with Crippen LogP contribution in [0, 0.1) is 0 Å². The molecule has 5 heteroatoms. The molecule has 1 unspecified atom stereocenters. The van der Waals surface area contributed by atoms with Crippen molar-refractivity contribution >= 4 is 23.2 Å². The maximum absolute atomic E-state index is 12.5. The van der Waals surface area contributed by atoms with Crippen LogP contribution in [0.2, 0.25) is 5.02 Å². The van der Waals surface area contributed by atoms with Gasteiger partial charge in [-0.25, -0.2) is 0 Å². The number of phenols is 1. The van der Waals surface area contributed by atoms with Crippen LogP contribution in [0.4, 0.5) is 5.69 Å². The van der Waals surface area contributed by atoms with Crippen molar-refractivity contribution in [3.8, 4) is 5.75 Å². The molecule has 0 saturated carbocycles. The summed E-state index contributed by atoms with van der Waals surface area (Å²) in [5, 5.41) is 10.2. The Morgan fingerprint density at radius 2 is 1.95 bits per heavy atom. The third-order valence-corrected chi connectivity index (χ3v) is 3.82. The molecule has 4 nitrogen and oxygen atoms in total. The van der Waals surface area contributed by atoms with E-state index in [2.05, 4.69) is 0 Å². The van der Waals surface area contributed by atoms with Crippen molar-refractivity contribution in [1.82, 2.24) is 4.90 Å². The number of hydrogen-bond donors (Lipinski definition) is 2. The predicted octanol–water partition coefficient (Wildman–Crippen LogP) is 3.46. The van der Waals surface area contributed by atoms with Gasteiger partial charge in [-0.1, -0.05) is 29.8 Å². The van der Waals surface area contributed by atoms with E-state index in [1.807, 2.05) is 13.0 Å². The fraction of sp³-hybridized carbons (Fsp3) is 0.188. The molecule has 0 heterocycles. The summed E-state index contributed by atoms with van der Waals surface area (Å²) in [6.45, 7) is 1.85. The summed E-state index contributed by atoms with van der Waals surface area (Å²) in [5.74, 6) is -0.0659. The highest BCUT2D eigenvalue weighted by molar-refractivity contribution is 6.34. The second-order valence-electron chi connectivity index (χ2n) is 4.89. The number of halogens is 1. The van der Waals surface area contributed by atoms with Gasteiger partial charge in [-0.05, 0) is 31.2 Å². The van der Waals surface area contributed by atoms with E-state index in [1.165, 1.54) is 4.90 Å². The molecule has 1 atom stereocenters. The summed E-state index contributed by atoms with van der Waals surface area (Å²) in [7, 11) is 1.67. The van der Waals surface area contributed by atoms with Crippen molar-refractivity contribution in [3.05, 3.63) is 58.6 Å². The van der Waals surface area contributed by atoms with Gasteiger partial charge in [0.25, 0.3) is 5.91 Å². The lowest BCUT2D eigenvalue weighted by atomic mass is 10.0. The van der Waals surface area contributed by atoms with Crippen LogP contribution in [-0.2, 0) is 0 Å². The van der Waals surface area contributed by atoms with E-state index in [9.17, 15) is 9.90 Å². The molecule has 0 aliphatic heterocycles. The number of carbonyl (C=O) groups excluding carboxylic acids is 1. The van der Waals surface area contributed by atoms with Crippen LogP contribution in [0.25, 0.3) is 0 Å². The number of carbonyl (C=O) groups is 1. The van der Waals surface area contributed by atoms with E-state index in [-0.39, 0.29) is 17.7 Å². The Morgan fingerprint density at radius 3 is 2.57 bits per heavy atom. The summed E-state index contributed by atoms with van der Waals surface area (Å²) in [6, 6.07) is 11.4. The van der Waals surface area contributed by atoms with Crippen molar-refractivity contribution in [3.63, 3.8) is 0 Å². The van der Waals surface area contributed by atoms with Gasteiger partial charge < -0.3 is 15.7 Å². The average molecular weight is 305 g/mol. The van der Waals surface area contributed by atoms with E-state index in [4.69, 9.17) is 17.3 Å². The number of benzene rings is 2. The van der Waals surface area contributed by atoms with Crippen molar-refractivity contribution in [2.24, 2.45) is 0 Å². The third kappa shape index (κ3) is 3.11. The Labute approximate surface area is 128 Å². The molecule has 2 rings (SSSR count). The van der Waals surface area contributed by atoms with Crippen molar-refractivity contribution < 1.29 is 9.90 Å². The monoisotopic (exact) mass is 304 g/mol. The van der Waals surface area contributed by atoms with Crippen molar-refractivity contribution in [2.75, 3.05) is 12.8 Å². The van der Waals surface area contributed by atoms with Gasteiger partial charge in [0, 0.05) is 18.3 Å². The zero-order valence-corrected chi connectivity index (χ0v) is 12.6. The number of anilines is 1. The second-order valence-corrected chi connectivity index (χ2v) is 5.30. The van der Waals surface area contributed by atoms with E-state index >= 15 is 0 Å². The minimum atomic E-state index is -0.285. The summed E-state index contributed by atoms with van der Waals surface area (Å²) >= 11 is 6.07. The minimum absolute atomic E-state index is 0.160. The summed E-state index contributed by atoms with van der Waals surface area (Å²) in [5.41, 5.74) is 7.20. The number of para-hydroxylation sites is 1. The first kappa shape index (κ1) is 15.2. The van der Waals surface area contributed by atoms with Gasteiger partial charge in [0.1, 0.15) is 5.75 Å². The predicted molar refractivity (Wildman–Crippen MR) is 84.5 cm³/mol. The summed E-state index contributed by atoms with van der Waals surface area (Å²) in [4.78, 5) is 14.1. The molecule has 3 N–H and O–H groups in total. The highest BCUT2D eigenvalue weighted by atomic mass is 35.5. The number of nitrogens with zero attached hydrogens (tertiary/aromatic N) is 1. The number of hydrogen-bond acceptors (Lipinski definition) is 3. The normalized spacial score (nSPS) is 12.0. The summed E-state index contributed by atoms with van der Waals surface area (Å²) < 4.78 is 0. The molecule has 1 amide bonds. The standard InChI is InChI=1S/C16H17ClN2O2/c1-10(12-5-3-4-6-15(12)20)19(2)16(21)13-8-7-11(18)9-14(13)17/h3-10,20H,18H2,1-2H3. The molecular formula is C16H17ClN2O2. The van der Waals surface area contributed by atoms with Crippen LogP contribution in [0.5, 0.6) is 5.75 Å². The van der Waals surface area contributed by atoms with E-state index < -0.39 is 0 Å². The number of amides is 1. The number of aromatic hydroxyl groups is 1. The van der Waals surface area contributed by atoms with Gasteiger partial charge in [0.2, 0.25) is 0 Å². The smallest absolute Gasteiger partial charge is 0.255 e. The Kier molecular flexibility index (Phi) is 4.38. The van der Waals surface area contributed by atoms with Crippen LogP contribution in [0.15, 0.2) is 42.5 Å². The van der Waals surface area contributed by atoms with Crippen molar-refractivity contribution in [1.29, 1.82) is 0 Å². The van der Waals surface area contributed by atoms with Crippen LogP contribution >= 0.6 is 11.6 Å². The maximum Gasteiger partial charge on any atom is 0.255 e. The van der Waals surface area contributed by atoms with Crippen LogP contribution in [0.1, 0.15) is 28.9 Å². The number of rotatable bonds is 3. The Balaban J connectivity index is 2.29. The van der Waals surface area contributed by atoms with E-state index in [1.54, 1.807) is 43.4 Å². The zero-order valence-electron chi connectivity index (χ0n) is 11.9. The molecule has 0 aliphatic carbocycles. The maximum atomic E-state index is 12.5. The fourth-order valence-electron chi connectivity index (χ4n) is 2.12. The molecule has 2 aromatic carbocycles. The highest BCUT2D eigenvalue weighted by Gasteiger charge is 2.22. The van der Waals surface area contributed by atoms with Gasteiger partial charge in [0.05, 0.1) is 16.6 Å². The molecular weight excluding hydrogens is 288 g/mol. The Hall–Kier alpha value is -2.20. The SMILES string of the molecule is CC(c1ccccc1O)N(C)C(=O)c1ccc(N)cc1Cl. The third-order valence-electron chi connectivity index (χ3n) is 3.51. The molecule has 0 bridgehead atoms. The molecule has 2 aromatic rings. The molecule has 0 aromatic heterocycles. The molecule has 0 fully saturated rings. The van der Waals surface area contributed by atoms with Crippen molar-refractivity contribution in [2.45, 2.75) is 13.0 Å². The Bertz CT molecular complexity index is 673. The highest BCUT2D eigenvalue weighted by Crippen LogP contribution is 2.29. The number of phenolic OH excluding ortho intramolecular Hbond substituents is 1. The minimum Gasteiger partial charge on any atom is -0.508 e.